The van der Waals surface area contributed by atoms with Crippen LogP contribution in [-0.2, 0) is 0 Å². The van der Waals surface area contributed by atoms with Gasteiger partial charge in [-0.05, 0) is 19.1 Å². The first-order valence-electron chi connectivity index (χ1n) is 4.09. The van der Waals surface area contributed by atoms with Crippen LogP contribution in [0.1, 0.15) is 5.69 Å². The summed E-state index contributed by atoms with van der Waals surface area (Å²) in [5.41, 5.74) is 1.69. The van der Waals surface area contributed by atoms with Crippen molar-refractivity contribution in [2.75, 3.05) is 0 Å². The standard InChI is InChI=1S/C10H8FNS2/c1-6-10(13)14-9(12-6)7-3-2-4-8(11)5-7/h2-5,13H,1H3. The van der Waals surface area contributed by atoms with E-state index in [0.29, 0.717) is 0 Å². The summed E-state index contributed by atoms with van der Waals surface area (Å²) in [6.07, 6.45) is 0. The molecule has 0 N–H and O–H groups in total. The van der Waals surface area contributed by atoms with Gasteiger partial charge >= 0.3 is 0 Å². The number of benzene rings is 1. The molecule has 2 aromatic rings. The van der Waals surface area contributed by atoms with Crippen molar-refractivity contribution in [1.29, 1.82) is 0 Å². The van der Waals surface area contributed by atoms with Crippen molar-refractivity contribution in [3.8, 4) is 10.6 Å². The third-order valence-corrected chi connectivity index (χ3v) is 3.45. The molecular weight excluding hydrogens is 217 g/mol. The van der Waals surface area contributed by atoms with Crippen molar-refractivity contribution in [3.63, 3.8) is 0 Å². The first-order chi connectivity index (χ1) is 6.66. The highest BCUT2D eigenvalue weighted by Crippen LogP contribution is 2.30. The molecule has 0 fully saturated rings. The zero-order chi connectivity index (χ0) is 10.1. The number of nitrogens with zero attached hydrogens (tertiary/aromatic N) is 1. The van der Waals surface area contributed by atoms with Crippen molar-refractivity contribution in [1.82, 2.24) is 4.98 Å². The van der Waals surface area contributed by atoms with Gasteiger partial charge in [-0.2, -0.15) is 0 Å². The molecule has 2 rings (SSSR count). The topological polar surface area (TPSA) is 12.9 Å². The first-order valence-corrected chi connectivity index (χ1v) is 5.35. The monoisotopic (exact) mass is 225 g/mol. The van der Waals surface area contributed by atoms with Crippen molar-refractivity contribution >= 4 is 24.0 Å². The minimum atomic E-state index is -0.240. The van der Waals surface area contributed by atoms with E-state index in [2.05, 4.69) is 17.6 Å². The Kier molecular flexibility index (Phi) is 2.56. The largest absolute Gasteiger partial charge is 0.240 e. The van der Waals surface area contributed by atoms with Gasteiger partial charge in [0.05, 0.1) is 9.90 Å². The van der Waals surface area contributed by atoms with Gasteiger partial charge in [-0.1, -0.05) is 12.1 Å². The van der Waals surface area contributed by atoms with Crippen molar-refractivity contribution < 1.29 is 4.39 Å². The van der Waals surface area contributed by atoms with E-state index in [0.717, 1.165) is 20.5 Å². The summed E-state index contributed by atoms with van der Waals surface area (Å²) in [7, 11) is 0. The molecular formula is C10H8FNS2. The molecule has 0 saturated heterocycles. The van der Waals surface area contributed by atoms with Crippen LogP contribution in [0.3, 0.4) is 0 Å². The predicted octanol–water partition coefficient (Wildman–Crippen LogP) is 3.55. The van der Waals surface area contributed by atoms with Crippen LogP contribution in [0.15, 0.2) is 28.5 Å². The molecule has 0 atom stereocenters. The average molecular weight is 225 g/mol. The van der Waals surface area contributed by atoms with E-state index in [-0.39, 0.29) is 5.82 Å². The molecule has 4 heteroatoms. The lowest BCUT2D eigenvalue weighted by atomic mass is 10.2. The molecule has 1 aromatic heterocycles. The third-order valence-electron chi connectivity index (χ3n) is 1.84. The SMILES string of the molecule is Cc1nc(-c2cccc(F)c2)sc1S. The number of thiazole rings is 1. The van der Waals surface area contributed by atoms with Crippen LogP contribution in [0, 0.1) is 12.7 Å². The molecule has 0 aliphatic heterocycles. The maximum atomic E-state index is 12.9. The third kappa shape index (κ3) is 1.81. The Morgan fingerprint density at radius 3 is 2.79 bits per heavy atom. The molecule has 72 valence electrons. The molecule has 0 aliphatic carbocycles. The van der Waals surface area contributed by atoms with Crippen molar-refractivity contribution in [3.05, 3.63) is 35.8 Å². The van der Waals surface area contributed by atoms with Crippen molar-refractivity contribution in [2.45, 2.75) is 11.1 Å². The van der Waals surface area contributed by atoms with Crippen LogP contribution in [-0.4, -0.2) is 4.98 Å². The highest BCUT2D eigenvalue weighted by Gasteiger charge is 2.06. The van der Waals surface area contributed by atoms with E-state index in [1.807, 2.05) is 13.0 Å². The smallest absolute Gasteiger partial charge is 0.124 e. The number of rotatable bonds is 1. The lowest BCUT2D eigenvalue weighted by molar-refractivity contribution is 0.628. The summed E-state index contributed by atoms with van der Waals surface area (Å²) in [6, 6.07) is 6.42. The Bertz CT molecular complexity index is 445. The Morgan fingerprint density at radius 2 is 2.21 bits per heavy atom. The molecule has 1 heterocycles. The zero-order valence-electron chi connectivity index (χ0n) is 7.49. The molecule has 0 radical (unpaired) electrons. The molecule has 1 nitrogen and oxygen atoms in total. The van der Waals surface area contributed by atoms with Gasteiger partial charge in [-0.3, -0.25) is 0 Å². The second-order valence-electron chi connectivity index (χ2n) is 2.92. The summed E-state index contributed by atoms with van der Waals surface area (Å²) < 4.78 is 13.8. The molecule has 0 aliphatic rings. The van der Waals surface area contributed by atoms with Crippen LogP contribution in [0.4, 0.5) is 4.39 Å². The van der Waals surface area contributed by atoms with Gasteiger partial charge in [0, 0.05) is 5.56 Å². The van der Waals surface area contributed by atoms with E-state index in [1.54, 1.807) is 6.07 Å². The number of hydrogen-bond acceptors (Lipinski definition) is 3. The van der Waals surface area contributed by atoms with Gasteiger partial charge < -0.3 is 0 Å². The molecule has 0 spiro atoms. The number of hydrogen-bond donors (Lipinski definition) is 1. The first kappa shape index (κ1) is 9.68. The van der Waals surface area contributed by atoms with Gasteiger partial charge in [0.15, 0.2) is 0 Å². The number of thiol groups is 1. The second kappa shape index (κ2) is 3.71. The van der Waals surface area contributed by atoms with E-state index < -0.39 is 0 Å². The molecule has 14 heavy (non-hydrogen) atoms. The summed E-state index contributed by atoms with van der Waals surface area (Å²) in [5.74, 6) is -0.240. The molecule has 0 bridgehead atoms. The quantitative estimate of drug-likeness (QED) is 0.732. The number of aryl methyl sites for hydroxylation is 1. The summed E-state index contributed by atoms with van der Waals surface area (Å²) >= 11 is 5.72. The average Bonchev–Trinajstić information content (AvgIpc) is 2.47. The minimum absolute atomic E-state index is 0.240. The molecule has 0 amide bonds. The van der Waals surface area contributed by atoms with Gasteiger partial charge in [0.25, 0.3) is 0 Å². The normalized spacial score (nSPS) is 10.5. The highest BCUT2D eigenvalue weighted by atomic mass is 32.2. The predicted molar refractivity (Wildman–Crippen MR) is 59.5 cm³/mol. The van der Waals surface area contributed by atoms with Gasteiger partial charge in [-0.25, -0.2) is 9.37 Å². The Balaban J connectivity index is 2.49. The summed E-state index contributed by atoms with van der Waals surface area (Å²) in [4.78, 5) is 4.30. The maximum Gasteiger partial charge on any atom is 0.124 e. The highest BCUT2D eigenvalue weighted by molar-refractivity contribution is 7.83. The number of halogens is 1. The van der Waals surface area contributed by atoms with E-state index in [4.69, 9.17) is 0 Å². The van der Waals surface area contributed by atoms with Gasteiger partial charge in [-0.15, -0.1) is 24.0 Å². The van der Waals surface area contributed by atoms with E-state index in [9.17, 15) is 4.39 Å². The zero-order valence-corrected chi connectivity index (χ0v) is 9.20. The van der Waals surface area contributed by atoms with Crippen LogP contribution in [0.2, 0.25) is 0 Å². The van der Waals surface area contributed by atoms with Crippen LogP contribution in [0.5, 0.6) is 0 Å². The Morgan fingerprint density at radius 1 is 1.43 bits per heavy atom. The minimum Gasteiger partial charge on any atom is -0.240 e. The molecule has 0 saturated carbocycles. The lowest BCUT2D eigenvalue weighted by Crippen LogP contribution is -1.78. The Labute approximate surface area is 91.0 Å². The van der Waals surface area contributed by atoms with Crippen molar-refractivity contribution in [2.24, 2.45) is 0 Å². The van der Waals surface area contributed by atoms with Gasteiger partial charge in [0.1, 0.15) is 10.8 Å². The van der Waals surface area contributed by atoms with Crippen LogP contribution < -0.4 is 0 Å². The van der Waals surface area contributed by atoms with E-state index >= 15 is 0 Å². The summed E-state index contributed by atoms with van der Waals surface area (Å²) in [5, 5.41) is 0.812. The van der Waals surface area contributed by atoms with Gasteiger partial charge in [0.2, 0.25) is 0 Å². The fraction of sp³-hybridized carbons (Fsp3) is 0.100. The Hall–Kier alpha value is -0.870. The fourth-order valence-electron chi connectivity index (χ4n) is 1.13. The summed E-state index contributed by atoms with van der Waals surface area (Å²) in [6.45, 7) is 1.89. The molecule has 1 aromatic carbocycles. The van der Waals surface area contributed by atoms with Crippen LogP contribution in [0.25, 0.3) is 10.6 Å². The lowest BCUT2D eigenvalue weighted by Gasteiger charge is -1.94. The fourth-order valence-corrected chi connectivity index (χ4v) is 2.25. The second-order valence-corrected chi connectivity index (χ2v) is 4.67. The maximum absolute atomic E-state index is 12.9. The van der Waals surface area contributed by atoms with E-state index in [1.165, 1.54) is 23.5 Å². The number of aromatic nitrogens is 1. The van der Waals surface area contributed by atoms with Crippen LogP contribution >= 0.6 is 24.0 Å². The molecule has 0 unspecified atom stereocenters.